The van der Waals surface area contributed by atoms with Gasteiger partial charge in [-0.2, -0.15) is 0 Å². The van der Waals surface area contributed by atoms with Gasteiger partial charge in [0.1, 0.15) is 5.75 Å². The smallest absolute Gasteiger partial charge is 0.251 e. The van der Waals surface area contributed by atoms with Crippen LogP contribution in [0.2, 0.25) is 0 Å². The zero-order valence-corrected chi connectivity index (χ0v) is 18.0. The van der Waals surface area contributed by atoms with Crippen molar-refractivity contribution < 1.29 is 22.7 Å². The van der Waals surface area contributed by atoms with Crippen LogP contribution in [0.4, 0.5) is 0 Å². The number of carbonyl (C=O) groups is 1. The number of benzene rings is 2. The Labute approximate surface area is 172 Å². The topological polar surface area (TPSA) is 84.9 Å². The number of nitrogens with zero attached hydrogens (tertiary/aromatic N) is 1. The van der Waals surface area contributed by atoms with E-state index in [4.69, 9.17) is 9.47 Å². The number of hydrogen-bond donors (Lipinski definition) is 1. The summed E-state index contributed by atoms with van der Waals surface area (Å²) in [5.41, 5.74) is 1.42. The molecule has 0 heterocycles. The zero-order valence-electron chi connectivity index (χ0n) is 17.2. The molecule has 8 heteroatoms. The van der Waals surface area contributed by atoms with Gasteiger partial charge in [0.25, 0.3) is 5.91 Å². The molecule has 0 aliphatic rings. The fraction of sp³-hybridized carbons (Fsp3) is 0.381. The maximum Gasteiger partial charge on any atom is 0.251 e. The van der Waals surface area contributed by atoms with E-state index in [0.717, 1.165) is 11.3 Å². The Morgan fingerprint density at radius 1 is 1.10 bits per heavy atom. The predicted octanol–water partition coefficient (Wildman–Crippen LogP) is 2.15. The Morgan fingerprint density at radius 3 is 2.38 bits per heavy atom. The fourth-order valence-corrected chi connectivity index (χ4v) is 4.04. The van der Waals surface area contributed by atoms with E-state index in [1.54, 1.807) is 7.11 Å². The summed E-state index contributed by atoms with van der Waals surface area (Å²) >= 11 is 0. The molecule has 0 radical (unpaired) electrons. The van der Waals surface area contributed by atoms with Crippen LogP contribution in [0.25, 0.3) is 0 Å². The lowest BCUT2D eigenvalue weighted by Gasteiger charge is -2.25. The predicted molar refractivity (Wildman–Crippen MR) is 112 cm³/mol. The van der Waals surface area contributed by atoms with Crippen molar-refractivity contribution in [2.24, 2.45) is 0 Å². The highest BCUT2D eigenvalue weighted by Crippen LogP contribution is 2.22. The Kier molecular flexibility index (Phi) is 8.19. The van der Waals surface area contributed by atoms with Crippen molar-refractivity contribution in [2.45, 2.75) is 10.9 Å². The van der Waals surface area contributed by atoms with Gasteiger partial charge in [-0.15, -0.1) is 0 Å². The molecule has 1 amide bonds. The SMILES string of the molecule is COCCS(=O)(=O)c1ccc(C(=O)NCC(c2cccc(OC)c2)N(C)C)cc1. The van der Waals surface area contributed by atoms with Crippen LogP contribution in [-0.2, 0) is 14.6 Å². The van der Waals surface area contributed by atoms with E-state index in [1.807, 2.05) is 43.3 Å². The van der Waals surface area contributed by atoms with Crippen LogP contribution in [0.1, 0.15) is 22.0 Å². The molecule has 1 atom stereocenters. The van der Waals surface area contributed by atoms with E-state index < -0.39 is 9.84 Å². The third-order valence-corrected chi connectivity index (χ3v) is 6.28. The molecule has 1 N–H and O–H groups in total. The number of hydrogen-bond acceptors (Lipinski definition) is 6. The van der Waals surface area contributed by atoms with Crippen molar-refractivity contribution in [3.63, 3.8) is 0 Å². The lowest BCUT2D eigenvalue weighted by Crippen LogP contribution is -2.34. The Balaban J connectivity index is 2.06. The lowest BCUT2D eigenvalue weighted by molar-refractivity contribution is 0.0942. The average Bonchev–Trinajstić information content (AvgIpc) is 2.72. The van der Waals surface area contributed by atoms with Crippen LogP contribution >= 0.6 is 0 Å². The first-order valence-electron chi connectivity index (χ1n) is 9.19. The lowest BCUT2D eigenvalue weighted by atomic mass is 10.1. The van der Waals surface area contributed by atoms with Crippen molar-refractivity contribution in [2.75, 3.05) is 47.2 Å². The number of amides is 1. The molecule has 0 bridgehead atoms. The third-order valence-electron chi connectivity index (χ3n) is 4.59. The maximum absolute atomic E-state index is 12.5. The van der Waals surface area contributed by atoms with Crippen LogP contribution in [0.3, 0.4) is 0 Å². The number of methoxy groups -OCH3 is 2. The Bertz CT molecular complexity index is 911. The van der Waals surface area contributed by atoms with Crippen LogP contribution in [0, 0.1) is 0 Å². The van der Waals surface area contributed by atoms with Gasteiger partial charge in [0, 0.05) is 19.2 Å². The first-order chi connectivity index (χ1) is 13.8. The summed E-state index contributed by atoms with van der Waals surface area (Å²) in [6.45, 7) is 0.521. The summed E-state index contributed by atoms with van der Waals surface area (Å²) in [5.74, 6) is 0.395. The van der Waals surface area contributed by atoms with Gasteiger partial charge in [0.15, 0.2) is 9.84 Å². The van der Waals surface area contributed by atoms with Gasteiger partial charge in [0.05, 0.1) is 30.4 Å². The molecule has 0 saturated heterocycles. The fourth-order valence-electron chi connectivity index (χ4n) is 2.86. The van der Waals surface area contributed by atoms with E-state index in [0.29, 0.717) is 12.1 Å². The van der Waals surface area contributed by atoms with Crippen molar-refractivity contribution in [1.82, 2.24) is 10.2 Å². The first-order valence-corrected chi connectivity index (χ1v) is 10.8. The summed E-state index contributed by atoms with van der Waals surface area (Å²) in [5, 5.41) is 2.92. The number of likely N-dealkylation sites (N-methyl/N-ethyl adjacent to an activating group) is 1. The molecule has 0 aromatic heterocycles. The van der Waals surface area contributed by atoms with E-state index in [-0.39, 0.29) is 29.2 Å². The molecule has 1 unspecified atom stereocenters. The Hall–Kier alpha value is -2.42. The summed E-state index contributed by atoms with van der Waals surface area (Å²) in [6, 6.07) is 13.6. The minimum absolute atomic E-state index is 0.0391. The monoisotopic (exact) mass is 420 g/mol. The van der Waals surface area contributed by atoms with Gasteiger partial charge in [-0.1, -0.05) is 12.1 Å². The quantitative estimate of drug-likeness (QED) is 0.634. The van der Waals surface area contributed by atoms with Crippen LogP contribution < -0.4 is 10.1 Å². The number of ether oxygens (including phenoxy) is 2. The van der Waals surface area contributed by atoms with Gasteiger partial charge < -0.3 is 19.7 Å². The molecular formula is C21H28N2O5S. The molecule has 2 aromatic rings. The van der Waals surface area contributed by atoms with E-state index in [9.17, 15) is 13.2 Å². The van der Waals surface area contributed by atoms with Gasteiger partial charge in [-0.3, -0.25) is 4.79 Å². The summed E-state index contributed by atoms with van der Waals surface area (Å²) in [4.78, 5) is 14.7. The van der Waals surface area contributed by atoms with E-state index in [1.165, 1.54) is 31.4 Å². The normalized spacial score (nSPS) is 12.6. The molecule has 29 heavy (non-hydrogen) atoms. The van der Waals surface area contributed by atoms with Crippen LogP contribution in [-0.4, -0.2) is 66.4 Å². The minimum Gasteiger partial charge on any atom is -0.497 e. The molecule has 0 aliphatic carbocycles. The van der Waals surface area contributed by atoms with Crippen molar-refractivity contribution >= 4 is 15.7 Å². The first kappa shape index (κ1) is 22.9. The van der Waals surface area contributed by atoms with Crippen molar-refractivity contribution in [3.05, 3.63) is 59.7 Å². The van der Waals surface area contributed by atoms with Gasteiger partial charge in [0.2, 0.25) is 0 Å². The largest absolute Gasteiger partial charge is 0.497 e. The molecule has 0 saturated carbocycles. The highest BCUT2D eigenvalue weighted by Gasteiger charge is 2.18. The number of nitrogens with one attached hydrogen (secondary N) is 1. The van der Waals surface area contributed by atoms with Gasteiger partial charge in [-0.25, -0.2) is 8.42 Å². The molecule has 0 aliphatic heterocycles. The van der Waals surface area contributed by atoms with E-state index >= 15 is 0 Å². The second-order valence-electron chi connectivity index (χ2n) is 6.80. The average molecular weight is 421 g/mol. The van der Waals surface area contributed by atoms with Crippen molar-refractivity contribution in [1.29, 1.82) is 0 Å². The van der Waals surface area contributed by atoms with Gasteiger partial charge >= 0.3 is 0 Å². The Morgan fingerprint density at radius 2 is 1.79 bits per heavy atom. The third kappa shape index (κ3) is 6.28. The van der Waals surface area contributed by atoms with E-state index in [2.05, 4.69) is 5.32 Å². The number of rotatable bonds is 10. The summed E-state index contributed by atoms with van der Waals surface area (Å²) < 4.78 is 34.5. The zero-order chi connectivity index (χ0) is 21.4. The van der Waals surface area contributed by atoms with Gasteiger partial charge in [-0.05, 0) is 56.1 Å². The molecule has 0 fully saturated rings. The van der Waals surface area contributed by atoms with Crippen LogP contribution in [0.15, 0.2) is 53.4 Å². The molecule has 2 aromatic carbocycles. The highest BCUT2D eigenvalue weighted by molar-refractivity contribution is 7.91. The minimum atomic E-state index is -3.42. The second kappa shape index (κ2) is 10.4. The molecule has 158 valence electrons. The number of sulfone groups is 1. The summed E-state index contributed by atoms with van der Waals surface area (Å²) in [6.07, 6.45) is 0. The van der Waals surface area contributed by atoms with Crippen LogP contribution in [0.5, 0.6) is 5.75 Å². The molecule has 7 nitrogen and oxygen atoms in total. The second-order valence-corrected chi connectivity index (χ2v) is 8.91. The maximum atomic E-state index is 12.5. The summed E-state index contributed by atoms with van der Waals surface area (Å²) in [7, 11) is 3.53. The molecule has 0 spiro atoms. The molecular weight excluding hydrogens is 392 g/mol. The van der Waals surface area contributed by atoms with Crippen molar-refractivity contribution in [3.8, 4) is 5.75 Å². The molecule has 2 rings (SSSR count). The highest BCUT2D eigenvalue weighted by atomic mass is 32.2. The number of carbonyl (C=O) groups excluding carboxylic acids is 1. The standard InChI is InChI=1S/C21H28N2O5S/c1-23(2)20(17-6-5-7-18(14-17)28-4)15-22-21(24)16-8-10-19(11-9-16)29(25,26)13-12-27-3/h5-11,14,20H,12-13,15H2,1-4H3,(H,22,24).